The Labute approximate surface area is 214 Å². The van der Waals surface area contributed by atoms with E-state index in [1.165, 1.54) is 6.08 Å². The normalized spacial score (nSPS) is 11.1. The van der Waals surface area contributed by atoms with Crippen LogP contribution in [0.25, 0.3) is 6.08 Å². The van der Waals surface area contributed by atoms with Gasteiger partial charge in [-0.2, -0.15) is 5.26 Å². The first kappa shape index (κ1) is 24.4. The number of carbonyl (C=O) groups excluding carboxylic acids is 1. The molecular formula is C24H16Cl3IN2O2. The van der Waals surface area contributed by atoms with Crippen molar-refractivity contribution < 1.29 is 9.53 Å². The van der Waals surface area contributed by atoms with Gasteiger partial charge in [0.1, 0.15) is 24.0 Å². The zero-order valence-electron chi connectivity index (χ0n) is 16.8. The third kappa shape index (κ3) is 6.17. The van der Waals surface area contributed by atoms with E-state index in [9.17, 15) is 10.1 Å². The monoisotopic (exact) mass is 596 g/mol. The summed E-state index contributed by atoms with van der Waals surface area (Å²) in [6, 6.07) is 17.8. The Morgan fingerprint density at radius 3 is 2.59 bits per heavy atom. The Balaban J connectivity index is 1.74. The fourth-order valence-electron chi connectivity index (χ4n) is 2.77. The zero-order valence-corrected chi connectivity index (χ0v) is 21.2. The van der Waals surface area contributed by atoms with Crippen molar-refractivity contribution in [2.24, 2.45) is 0 Å². The Kier molecular flexibility index (Phi) is 8.44. The lowest BCUT2D eigenvalue weighted by molar-refractivity contribution is -0.112. The molecule has 0 aliphatic carbocycles. The first-order valence-electron chi connectivity index (χ1n) is 9.33. The van der Waals surface area contributed by atoms with E-state index < -0.39 is 5.91 Å². The van der Waals surface area contributed by atoms with Gasteiger partial charge in [0.15, 0.2) is 0 Å². The van der Waals surface area contributed by atoms with Crippen LogP contribution in [0.5, 0.6) is 5.75 Å². The fraction of sp³-hybridized carbons (Fsp3) is 0.0833. The third-order valence-corrected chi connectivity index (χ3v) is 6.39. The number of nitrogens with one attached hydrogen (secondary N) is 1. The van der Waals surface area contributed by atoms with Crippen molar-refractivity contribution in [3.8, 4) is 11.8 Å². The maximum atomic E-state index is 12.6. The molecule has 0 aromatic heterocycles. The second-order valence-electron chi connectivity index (χ2n) is 6.75. The summed E-state index contributed by atoms with van der Waals surface area (Å²) in [5.41, 5.74) is 2.78. The number of halogens is 4. The molecule has 3 rings (SSSR count). The molecule has 0 heterocycles. The molecule has 0 saturated carbocycles. The van der Waals surface area contributed by atoms with Gasteiger partial charge in [-0.3, -0.25) is 4.79 Å². The highest BCUT2D eigenvalue weighted by Gasteiger charge is 2.13. The van der Waals surface area contributed by atoms with Gasteiger partial charge >= 0.3 is 0 Å². The van der Waals surface area contributed by atoms with Gasteiger partial charge in [-0.1, -0.05) is 53.0 Å². The molecule has 32 heavy (non-hydrogen) atoms. The van der Waals surface area contributed by atoms with Crippen molar-refractivity contribution in [3.05, 3.63) is 95.5 Å². The molecule has 0 spiro atoms. The first-order valence-corrected chi connectivity index (χ1v) is 11.5. The second kappa shape index (κ2) is 11.1. The molecule has 4 nitrogen and oxygen atoms in total. The predicted molar refractivity (Wildman–Crippen MR) is 138 cm³/mol. The number of nitriles is 1. The number of hydrogen-bond acceptors (Lipinski definition) is 3. The Morgan fingerprint density at radius 2 is 1.91 bits per heavy atom. The van der Waals surface area contributed by atoms with E-state index in [-0.39, 0.29) is 12.2 Å². The molecule has 0 aliphatic heterocycles. The molecule has 0 aliphatic rings. The van der Waals surface area contributed by atoms with Crippen molar-refractivity contribution >= 4 is 75.1 Å². The molecule has 3 aromatic rings. The van der Waals surface area contributed by atoms with Crippen LogP contribution in [0.2, 0.25) is 15.1 Å². The van der Waals surface area contributed by atoms with Crippen LogP contribution in [0.15, 0.2) is 60.2 Å². The van der Waals surface area contributed by atoms with Crippen LogP contribution in [-0.4, -0.2) is 5.91 Å². The molecule has 0 atom stereocenters. The Hall–Kier alpha value is -2.24. The Morgan fingerprint density at radius 1 is 1.12 bits per heavy atom. The van der Waals surface area contributed by atoms with E-state index in [0.717, 1.165) is 14.7 Å². The highest BCUT2D eigenvalue weighted by atomic mass is 127. The van der Waals surface area contributed by atoms with Crippen LogP contribution >= 0.6 is 57.4 Å². The summed E-state index contributed by atoms with van der Waals surface area (Å²) < 4.78 is 6.69. The number of anilines is 1. The van der Waals surface area contributed by atoms with Crippen molar-refractivity contribution in [3.63, 3.8) is 0 Å². The van der Waals surface area contributed by atoms with Crippen LogP contribution in [0.3, 0.4) is 0 Å². The van der Waals surface area contributed by atoms with Gasteiger partial charge in [-0.15, -0.1) is 0 Å². The van der Waals surface area contributed by atoms with Gasteiger partial charge in [-0.05, 0) is 83.1 Å². The molecule has 0 bridgehead atoms. The lowest BCUT2D eigenvalue weighted by Crippen LogP contribution is -2.14. The summed E-state index contributed by atoms with van der Waals surface area (Å²) in [4.78, 5) is 12.6. The first-order chi connectivity index (χ1) is 15.3. The molecule has 3 aromatic carbocycles. The Bertz CT molecular complexity index is 1250. The molecule has 0 saturated heterocycles. The van der Waals surface area contributed by atoms with E-state index in [0.29, 0.717) is 32.1 Å². The van der Waals surface area contributed by atoms with E-state index in [1.54, 1.807) is 49.4 Å². The number of hydrogen-bond donors (Lipinski definition) is 1. The van der Waals surface area contributed by atoms with Crippen LogP contribution < -0.4 is 10.1 Å². The van der Waals surface area contributed by atoms with Crippen LogP contribution in [0.4, 0.5) is 5.69 Å². The average molecular weight is 598 g/mol. The highest BCUT2D eigenvalue weighted by Crippen LogP contribution is 2.27. The maximum Gasteiger partial charge on any atom is 0.266 e. The topological polar surface area (TPSA) is 62.1 Å². The summed E-state index contributed by atoms with van der Waals surface area (Å²) in [5.74, 6) is 0.150. The molecule has 0 fully saturated rings. The smallest absolute Gasteiger partial charge is 0.266 e. The summed E-state index contributed by atoms with van der Waals surface area (Å²) in [5, 5.41) is 13.9. The molecule has 1 N–H and O–H groups in total. The standard InChI is InChI=1S/C24H16Cl3IN2O2/c1-14-19(26)3-2-4-22(14)30-24(31)17(12-29)9-15-5-8-23(21(28)10-15)32-13-16-6-7-18(25)11-20(16)27/h2-11H,13H2,1H3,(H,30,31)/b17-9-. The number of nitrogens with zero attached hydrogens (tertiary/aromatic N) is 1. The van der Waals surface area contributed by atoms with Crippen molar-refractivity contribution in [2.75, 3.05) is 5.32 Å². The largest absolute Gasteiger partial charge is 0.488 e. The van der Waals surface area contributed by atoms with Crippen molar-refractivity contribution in [1.29, 1.82) is 5.26 Å². The molecule has 0 unspecified atom stereocenters. The number of rotatable bonds is 6. The van der Waals surface area contributed by atoms with E-state index in [4.69, 9.17) is 39.5 Å². The van der Waals surface area contributed by atoms with Gasteiger partial charge < -0.3 is 10.1 Å². The minimum Gasteiger partial charge on any atom is -0.488 e. The van der Waals surface area contributed by atoms with Gasteiger partial charge in [0.05, 0.1) is 3.57 Å². The summed E-state index contributed by atoms with van der Waals surface area (Å²) >= 11 is 20.3. The summed E-state index contributed by atoms with van der Waals surface area (Å²) in [7, 11) is 0. The lowest BCUT2D eigenvalue weighted by atomic mass is 10.1. The third-order valence-electron chi connectivity index (χ3n) is 4.55. The second-order valence-corrected chi connectivity index (χ2v) is 9.16. The number of ether oxygens (including phenoxy) is 1. The van der Waals surface area contributed by atoms with Gasteiger partial charge in [0.2, 0.25) is 0 Å². The van der Waals surface area contributed by atoms with Gasteiger partial charge in [-0.25, -0.2) is 0 Å². The molecule has 0 radical (unpaired) electrons. The highest BCUT2D eigenvalue weighted by molar-refractivity contribution is 14.1. The summed E-state index contributed by atoms with van der Waals surface area (Å²) in [6.07, 6.45) is 1.53. The minimum atomic E-state index is -0.509. The minimum absolute atomic E-state index is 0.0261. The molecule has 8 heteroatoms. The van der Waals surface area contributed by atoms with E-state index >= 15 is 0 Å². The zero-order chi connectivity index (χ0) is 23.3. The predicted octanol–water partition coefficient (Wildman–Crippen LogP) is 7.68. The molecule has 1 amide bonds. The van der Waals surface area contributed by atoms with Crippen molar-refractivity contribution in [2.45, 2.75) is 13.5 Å². The van der Waals surface area contributed by atoms with E-state index in [1.807, 2.05) is 18.2 Å². The molecular weight excluding hydrogens is 582 g/mol. The van der Waals surface area contributed by atoms with Crippen LogP contribution in [-0.2, 0) is 11.4 Å². The number of amides is 1. The van der Waals surface area contributed by atoms with Gasteiger partial charge in [0.25, 0.3) is 5.91 Å². The average Bonchev–Trinajstić information content (AvgIpc) is 2.75. The lowest BCUT2D eigenvalue weighted by Gasteiger charge is -2.11. The maximum absolute atomic E-state index is 12.6. The summed E-state index contributed by atoms with van der Waals surface area (Å²) in [6.45, 7) is 2.08. The molecule has 162 valence electrons. The van der Waals surface area contributed by atoms with E-state index in [2.05, 4.69) is 27.9 Å². The van der Waals surface area contributed by atoms with Crippen molar-refractivity contribution in [1.82, 2.24) is 0 Å². The van der Waals surface area contributed by atoms with Crippen LogP contribution in [0, 0.1) is 21.8 Å². The van der Waals surface area contributed by atoms with Crippen LogP contribution in [0.1, 0.15) is 16.7 Å². The number of carbonyl (C=O) groups is 1. The fourth-order valence-corrected chi connectivity index (χ4v) is 4.10. The van der Waals surface area contributed by atoms with Gasteiger partial charge in [0, 0.05) is 26.3 Å². The number of benzene rings is 3. The SMILES string of the molecule is Cc1c(Cl)cccc1NC(=O)/C(C#N)=C\c1ccc(OCc2ccc(Cl)cc2Cl)c(I)c1. The quantitative estimate of drug-likeness (QED) is 0.180.